The van der Waals surface area contributed by atoms with Crippen LogP contribution >= 0.6 is 0 Å². The highest BCUT2D eigenvalue weighted by atomic mass is 16.6. The molecule has 3 amide bonds. The van der Waals surface area contributed by atoms with E-state index in [9.17, 15) is 34.2 Å². The molecule has 2 atom stereocenters. The zero-order valence-corrected chi connectivity index (χ0v) is 23.6. The van der Waals surface area contributed by atoms with Gasteiger partial charge in [-0.25, -0.2) is 9.59 Å². The molecule has 0 saturated heterocycles. The molecule has 0 saturated carbocycles. The van der Waals surface area contributed by atoms with Crippen molar-refractivity contribution >= 4 is 52.6 Å². The third-order valence-corrected chi connectivity index (χ3v) is 5.58. The average molecular weight is 585 g/mol. The van der Waals surface area contributed by atoms with Crippen molar-refractivity contribution in [2.75, 3.05) is 17.2 Å². The van der Waals surface area contributed by atoms with E-state index >= 15 is 0 Å². The summed E-state index contributed by atoms with van der Waals surface area (Å²) < 4.78 is 5.05. The summed E-state index contributed by atoms with van der Waals surface area (Å²) >= 11 is 0. The van der Waals surface area contributed by atoms with Crippen molar-refractivity contribution in [2.45, 2.75) is 58.1 Å². The summed E-state index contributed by atoms with van der Waals surface area (Å²) in [5.74, 6) is -4.37. The number of nitrogens with zero attached hydrogens (tertiary/aromatic N) is 2. The van der Waals surface area contributed by atoms with E-state index in [0.717, 1.165) is 0 Å². The third-order valence-electron chi connectivity index (χ3n) is 5.58. The topological polar surface area (TPSA) is 222 Å². The molecule has 0 aliphatic carbocycles. The number of anilines is 2. The number of rotatable bonds is 14. The van der Waals surface area contributed by atoms with Crippen LogP contribution in [0.2, 0.25) is 0 Å². The molecule has 2 aromatic rings. The Balaban J connectivity index is 1.84. The van der Waals surface area contributed by atoms with Gasteiger partial charge in [-0.1, -0.05) is 0 Å². The number of azo groups is 1. The first-order valence-corrected chi connectivity index (χ1v) is 13.1. The number of benzene rings is 2. The molecule has 14 heteroatoms. The van der Waals surface area contributed by atoms with Crippen LogP contribution in [0.5, 0.6) is 0 Å². The minimum atomic E-state index is -1.46. The molecule has 0 fully saturated rings. The number of alkyl carbamates (subject to hydrolysis) is 1. The van der Waals surface area contributed by atoms with Crippen LogP contribution in [0, 0.1) is 5.92 Å². The first kappa shape index (κ1) is 33.4. The lowest BCUT2D eigenvalue weighted by molar-refractivity contribution is -0.144. The Morgan fingerprint density at radius 1 is 0.833 bits per heavy atom. The molecule has 2 rings (SSSR count). The largest absolute Gasteiger partial charge is 0.481 e. The number of carbonyl (C=O) groups excluding carboxylic acids is 3. The van der Waals surface area contributed by atoms with Crippen molar-refractivity contribution in [3.05, 3.63) is 48.5 Å². The predicted molar refractivity (Wildman–Crippen MR) is 154 cm³/mol. The molecule has 0 aliphatic rings. The minimum absolute atomic E-state index is 0.00417. The zero-order chi connectivity index (χ0) is 31.3. The Labute approximate surface area is 242 Å². The van der Waals surface area contributed by atoms with Gasteiger partial charge in [-0.2, -0.15) is 10.2 Å². The van der Waals surface area contributed by atoms with Gasteiger partial charge in [-0.15, -0.1) is 0 Å². The van der Waals surface area contributed by atoms with E-state index in [1.54, 1.807) is 69.3 Å². The maximum absolute atomic E-state index is 12.4. The number of hydrogen-bond acceptors (Lipinski definition) is 9. The fourth-order valence-electron chi connectivity index (χ4n) is 3.58. The van der Waals surface area contributed by atoms with Crippen LogP contribution in [0.1, 0.15) is 46.5 Å². The summed E-state index contributed by atoms with van der Waals surface area (Å²) in [6, 6.07) is 11.8. The number of nitrogens with two attached hydrogens (primary N) is 1. The lowest BCUT2D eigenvalue weighted by Gasteiger charge is -2.23. The number of hydrogen-bond donors (Lipinski definition) is 6. The summed E-state index contributed by atoms with van der Waals surface area (Å²) in [4.78, 5) is 58.9. The van der Waals surface area contributed by atoms with Crippen molar-refractivity contribution in [1.82, 2.24) is 5.32 Å². The van der Waals surface area contributed by atoms with E-state index in [4.69, 9.17) is 10.5 Å². The highest BCUT2D eigenvalue weighted by molar-refractivity contribution is 5.92. The second kappa shape index (κ2) is 15.8. The van der Waals surface area contributed by atoms with Crippen molar-refractivity contribution in [2.24, 2.45) is 21.9 Å². The number of carboxylic acid groups (broad SMARTS) is 2. The van der Waals surface area contributed by atoms with E-state index in [1.807, 2.05) is 0 Å². The molecule has 0 radical (unpaired) electrons. The predicted octanol–water partition coefficient (Wildman–Crippen LogP) is 4.18. The molecule has 14 nitrogen and oxygen atoms in total. The van der Waals surface area contributed by atoms with E-state index in [2.05, 4.69) is 26.2 Å². The van der Waals surface area contributed by atoms with Gasteiger partial charge in [0, 0.05) is 17.8 Å². The molecule has 0 bridgehead atoms. The Bertz CT molecular complexity index is 1270. The summed E-state index contributed by atoms with van der Waals surface area (Å²) in [6.07, 6.45) is -1.11. The van der Waals surface area contributed by atoms with Crippen LogP contribution in [-0.4, -0.2) is 58.2 Å². The number of carbonyl (C=O) groups is 5. The van der Waals surface area contributed by atoms with Gasteiger partial charge in [0.2, 0.25) is 11.8 Å². The summed E-state index contributed by atoms with van der Waals surface area (Å²) in [6.45, 7) is 4.73. The molecule has 2 aromatic carbocycles. The van der Waals surface area contributed by atoms with Gasteiger partial charge in [-0.05, 0) is 88.6 Å². The van der Waals surface area contributed by atoms with E-state index in [-0.39, 0.29) is 44.0 Å². The molecule has 42 heavy (non-hydrogen) atoms. The maximum Gasteiger partial charge on any atom is 0.408 e. The van der Waals surface area contributed by atoms with Gasteiger partial charge in [0.25, 0.3) is 0 Å². The Morgan fingerprint density at radius 2 is 1.33 bits per heavy atom. The lowest BCUT2D eigenvalue weighted by Crippen LogP contribution is -2.45. The summed E-state index contributed by atoms with van der Waals surface area (Å²) in [7, 11) is 0. The number of amides is 3. The van der Waals surface area contributed by atoms with Crippen LogP contribution in [0.25, 0.3) is 0 Å². The number of ether oxygens (including phenoxy) is 1. The first-order chi connectivity index (χ1) is 19.8. The van der Waals surface area contributed by atoms with Gasteiger partial charge in [-0.3, -0.25) is 14.4 Å². The van der Waals surface area contributed by atoms with Gasteiger partial charge in [0.05, 0.1) is 23.8 Å². The highest BCUT2D eigenvalue weighted by Gasteiger charge is 2.30. The van der Waals surface area contributed by atoms with Gasteiger partial charge < -0.3 is 36.6 Å². The molecule has 0 unspecified atom stereocenters. The standard InChI is InChI=1S/C28H36N6O8/c1-28(2,3)42-27(41)32-22(26(39)40)15-17(25(37)38)5-4-6-23(35)30-18-7-11-20(12-8-18)33-34-21-13-9-19(10-14-21)31-24(36)16-29/h7-14,17,22H,4-6,15-16,29H2,1-3H3,(H,30,35)(H,31,36)(H,32,41)(H,37,38)(H,39,40)/b34-33+/t17-,22-/m0/s1. The Kier molecular flexibility index (Phi) is 12.6. The maximum atomic E-state index is 12.4. The second-order valence-corrected chi connectivity index (χ2v) is 10.3. The molecular weight excluding hydrogens is 548 g/mol. The van der Waals surface area contributed by atoms with Crippen molar-refractivity contribution in [3.63, 3.8) is 0 Å². The van der Waals surface area contributed by atoms with Crippen molar-refractivity contribution in [3.8, 4) is 0 Å². The lowest BCUT2D eigenvalue weighted by atomic mass is 9.94. The average Bonchev–Trinajstić information content (AvgIpc) is 2.91. The van der Waals surface area contributed by atoms with Crippen molar-refractivity contribution < 1.29 is 38.9 Å². The van der Waals surface area contributed by atoms with Crippen LogP contribution in [-0.2, 0) is 23.9 Å². The van der Waals surface area contributed by atoms with E-state index in [0.29, 0.717) is 22.7 Å². The second-order valence-electron chi connectivity index (χ2n) is 10.3. The minimum Gasteiger partial charge on any atom is -0.481 e. The number of nitrogens with one attached hydrogen (secondary N) is 3. The molecular formula is C28H36N6O8. The molecule has 226 valence electrons. The van der Waals surface area contributed by atoms with Crippen LogP contribution in [0.15, 0.2) is 58.8 Å². The van der Waals surface area contributed by atoms with Crippen molar-refractivity contribution in [1.29, 1.82) is 0 Å². The number of aliphatic carboxylic acids is 2. The first-order valence-electron chi connectivity index (χ1n) is 13.1. The monoisotopic (exact) mass is 584 g/mol. The van der Waals surface area contributed by atoms with Crippen LogP contribution < -0.4 is 21.7 Å². The molecule has 0 aromatic heterocycles. The third kappa shape index (κ3) is 12.6. The molecule has 0 spiro atoms. The smallest absolute Gasteiger partial charge is 0.408 e. The van der Waals surface area contributed by atoms with Crippen LogP contribution in [0.4, 0.5) is 27.5 Å². The Hall–Kier alpha value is -4.85. The Morgan fingerprint density at radius 3 is 1.76 bits per heavy atom. The van der Waals surface area contributed by atoms with Gasteiger partial charge >= 0.3 is 18.0 Å². The quantitative estimate of drug-likeness (QED) is 0.175. The number of carboxylic acids is 2. The van der Waals surface area contributed by atoms with Crippen LogP contribution in [0.3, 0.4) is 0 Å². The van der Waals surface area contributed by atoms with E-state index < -0.39 is 35.6 Å². The summed E-state index contributed by atoms with van der Waals surface area (Å²) in [5, 5.41) is 34.8. The van der Waals surface area contributed by atoms with Gasteiger partial charge in [0.1, 0.15) is 11.6 Å². The summed E-state index contributed by atoms with van der Waals surface area (Å²) in [5.41, 5.74) is 6.60. The highest BCUT2D eigenvalue weighted by Crippen LogP contribution is 2.22. The van der Waals surface area contributed by atoms with Gasteiger partial charge in [0.15, 0.2) is 0 Å². The molecule has 0 heterocycles. The SMILES string of the molecule is CC(C)(C)OC(=O)N[C@@H](C[C@H](CCCC(=O)Nc1ccc(/N=N/c2ccc(NC(=O)CN)cc2)cc1)C(=O)O)C(=O)O. The molecule has 0 aliphatic heterocycles. The normalized spacial score (nSPS) is 12.7. The zero-order valence-electron chi connectivity index (χ0n) is 23.6. The fourth-order valence-corrected chi connectivity index (χ4v) is 3.58. The fraction of sp³-hybridized carbons (Fsp3) is 0.393. The van der Waals surface area contributed by atoms with E-state index in [1.165, 1.54) is 0 Å². The molecule has 7 N–H and O–H groups in total.